The Balaban J connectivity index is 2.24. The highest BCUT2D eigenvalue weighted by atomic mass is 16.5. The van der Waals surface area contributed by atoms with Crippen molar-refractivity contribution in [1.82, 2.24) is 18.7 Å². The van der Waals surface area contributed by atoms with Gasteiger partial charge < -0.3 is 4.74 Å². The fourth-order valence-electron chi connectivity index (χ4n) is 3.32. The second-order valence-electron chi connectivity index (χ2n) is 6.05. The minimum atomic E-state index is -0.364. The Labute approximate surface area is 133 Å². The molecule has 0 atom stereocenters. The first kappa shape index (κ1) is 15.7. The summed E-state index contributed by atoms with van der Waals surface area (Å²) in [5, 5.41) is 0. The molecule has 0 saturated heterocycles. The molecule has 2 aromatic heterocycles. The van der Waals surface area contributed by atoms with Crippen LogP contribution in [0.1, 0.15) is 37.4 Å². The lowest BCUT2D eigenvalue weighted by Crippen LogP contribution is -2.37. The molecular formula is C16H22N4O3. The second kappa shape index (κ2) is 6.16. The van der Waals surface area contributed by atoms with Gasteiger partial charge in [0.25, 0.3) is 5.56 Å². The highest BCUT2D eigenvalue weighted by molar-refractivity contribution is 5.71. The van der Waals surface area contributed by atoms with Crippen LogP contribution in [0.25, 0.3) is 11.2 Å². The summed E-state index contributed by atoms with van der Waals surface area (Å²) in [5.41, 5.74) is 0.168. The summed E-state index contributed by atoms with van der Waals surface area (Å²) in [6, 6.07) is 0. The first-order chi connectivity index (χ1) is 11.1. The predicted octanol–water partition coefficient (Wildman–Crippen LogP) is 1.25. The Morgan fingerprint density at radius 3 is 2.61 bits per heavy atom. The van der Waals surface area contributed by atoms with Crippen LogP contribution in [0, 0.1) is 0 Å². The maximum atomic E-state index is 12.6. The van der Waals surface area contributed by atoms with E-state index in [0.29, 0.717) is 23.7 Å². The number of hydrogen-bond acceptors (Lipinski definition) is 4. The molecule has 2 aromatic rings. The maximum Gasteiger partial charge on any atom is 0.332 e. The van der Waals surface area contributed by atoms with Crippen LogP contribution < -0.4 is 11.2 Å². The fraction of sp³-hybridized carbons (Fsp3) is 0.562. The molecule has 0 amide bonds. The quantitative estimate of drug-likeness (QED) is 0.614. The van der Waals surface area contributed by atoms with Gasteiger partial charge >= 0.3 is 5.69 Å². The van der Waals surface area contributed by atoms with Crippen molar-refractivity contribution in [2.75, 3.05) is 6.61 Å². The molecule has 1 saturated carbocycles. The van der Waals surface area contributed by atoms with Crippen molar-refractivity contribution in [2.24, 2.45) is 14.1 Å². The zero-order valence-corrected chi connectivity index (χ0v) is 13.6. The van der Waals surface area contributed by atoms with Crippen molar-refractivity contribution in [2.45, 2.75) is 38.3 Å². The summed E-state index contributed by atoms with van der Waals surface area (Å²) in [4.78, 5) is 29.4. The van der Waals surface area contributed by atoms with E-state index in [0.717, 1.165) is 23.2 Å². The van der Waals surface area contributed by atoms with Crippen molar-refractivity contribution in [3.63, 3.8) is 0 Å². The molecule has 124 valence electrons. The molecule has 3 rings (SSSR count). The van der Waals surface area contributed by atoms with Gasteiger partial charge in [-0.1, -0.05) is 18.9 Å². The molecule has 0 unspecified atom stereocenters. The number of aromatic nitrogens is 4. The number of ether oxygens (including phenoxy) is 1. The summed E-state index contributed by atoms with van der Waals surface area (Å²) in [7, 11) is 3.13. The average molecular weight is 318 g/mol. The summed E-state index contributed by atoms with van der Waals surface area (Å²) >= 11 is 0. The lowest BCUT2D eigenvalue weighted by molar-refractivity contribution is 0.0999. The van der Waals surface area contributed by atoms with Crippen LogP contribution >= 0.6 is 0 Å². The van der Waals surface area contributed by atoms with Gasteiger partial charge in [-0.3, -0.25) is 18.5 Å². The van der Waals surface area contributed by atoms with Gasteiger partial charge in [0.05, 0.1) is 6.61 Å². The summed E-state index contributed by atoms with van der Waals surface area (Å²) < 4.78 is 9.95. The van der Waals surface area contributed by atoms with Gasteiger partial charge in [-0.2, -0.15) is 0 Å². The third-order valence-electron chi connectivity index (χ3n) is 4.55. The molecule has 0 aliphatic heterocycles. The molecule has 1 aliphatic carbocycles. The number of nitrogens with zero attached hydrogens (tertiary/aromatic N) is 4. The van der Waals surface area contributed by atoms with Crippen LogP contribution in [-0.4, -0.2) is 25.3 Å². The van der Waals surface area contributed by atoms with E-state index in [4.69, 9.17) is 4.74 Å². The van der Waals surface area contributed by atoms with Gasteiger partial charge in [0, 0.05) is 20.0 Å². The molecule has 0 radical (unpaired) electrons. The first-order valence-corrected chi connectivity index (χ1v) is 7.91. The van der Waals surface area contributed by atoms with Gasteiger partial charge in [0.1, 0.15) is 12.6 Å². The second-order valence-corrected chi connectivity index (χ2v) is 6.05. The zero-order chi connectivity index (χ0) is 16.6. The molecule has 1 fully saturated rings. The molecule has 7 heteroatoms. The molecule has 1 aliphatic rings. The van der Waals surface area contributed by atoms with E-state index in [1.165, 1.54) is 24.5 Å². The highest BCUT2D eigenvalue weighted by Crippen LogP contribution is 2.34. The van der Waals surface area contributed by atoms with Crippen molar-refractivity contribution in [3.8, 4) is 0 Å². The Hall–Kier alpha value is -2.15. The smallest absolute Gasteiger partial charge is 0.332 e. The van der Waals surface area contributed by atoms with Crippen LogP contribution in [0.3, 0.4) is 0 Å². The molecule has 23 heavy (non-hydrogen) atoms. The molecular weight excluding hydrogens is 296 g/mol. The van der Waals surface area contributed by atoms with E-state index in [1.54, 1.807) is 13.1 Å². The maximum absolute atomic E-state index is 12.6. The van der Waals surface area contributed by atoms with Crippen LogP contribution in [0.4, 0.5) is 0 Å². The van der Waals surface area contributed by atoms with Crippen LogP contribution in [0.15, 0.2) is 22.2 Å². The summed E-state index contributed by atoms with van der Waals surface area (Å²) in [6.45, 7) is 4.27. The summed E-state index contributed by atoms with van der Waals surface area (Å²) in [5.74, 6) is 1.16. The van der Waals surface area contributed by atoms with Crippen molar-refractivity contribution in [3.05, 3.63) is 39.3 Å². The van der Waals surface area contributed by atoms with E-state index in [9.17, 15) is 9.59 Å². The number of hydrogen-bond donors (Lipinski definition) is 0. The third-order valence-corrected chi connectivity index (χ3v) is 4.55. The molecule has 0 spiro atoms. The zero-order valence-electron chi connectivity index (χ0n) is 13.6. The lowest BCUT2D eigenvalue weighted by Gasteiger charge is -2.13. The van der Waals surface area contributed by atoms with Gasteiger partial charge in [-0.15, -0.1) is 6.58 Å². The van der Waals surface area contributed by atoms with Gasteiger partial charge in [-0.25, -0.2) is 9.78 Å². The van der Waals surface area contributed by atoms with Crippen LogP contribution in [-0.2, 0) is 25.6 Å². The number of aryl methyl sites for hydroxylation is 1. The molecule has 0 bridgehead atoms. The van der Waals surface area contributed by atoms with Gasteiger partial charge in [0.2, 0.25) is 0 Å². The SMILES string of the molecule is C=CCOCn1c(C2CCCC2)nc2c1c(=O)n(C)c(=O)n2C. The first-order valence-electron chi connectivity index (χ1n) is 7.91. The number of imidazole rings is 1. The minimum absolute atomic E-state index is 0.238. The van der Waals surface area contributed by atoms with E-state index < -0.39 is 0 Å². The standard InChI is InChI=1S/C16H22N4O3/c1-4-9-23-10-20-12-14(17-13(20)11-7-5-6-8-11)18(2)16(22)19(3)15(12)21/h4,11H,1,5-10H2,2-3H3. The molecule has 2 heterocycles. The monoisotopic (exact) mass is 318 g/mol. The van der Waals surface area contributed by atoms with Crippen molar-refractivity contribution >= 4 is 11.2 Å². The molecule has 0 N–H and O–H groups in total. The average Bonchev–Trinajstić information content (AvgIpc) is 3.18. The van der Waals surface area contributed by atoms with E-state index in [-0.39, 0.29) is 18.0 Å². The number of fused-ring (bicyclic) bond motifs is 1. The van der Waals surface area contributed by atoms with E-state index in [2.05, 4.69) is 11.6 Å². The van der Waals surface area contributed by atoms with E-state index >= 15 is 0 Å². The van der Waals surface area contributed by atoms with Crippen molar-refractivity contribution < 1.29 is 4.74 Å². The Bertz CT molecular complexity index is 853. The predicted molar refractivity (Wildman–Crippen MR) is 87.6 cm³/mol. The molecule has 0 aromatic carbocycles. The van der Waals surface area contributed by atoms with Crippen LogP contribution in [0.2, 0.25) is 0 Å². The highest BCUT2D eigenvalue weighted by Gasteiger charge is 2.26. The van der Waals surface area contributed by atoms with Crippen molar-refractivity contribution in [1.29, 1.82) is 0 Å². The Morgan fingerprint density at radius 2 is 1.96 bits per heavy atom. The van der Waals surface area contributed by atoms with Crippen LogP contribution in [0.5, 0.6) is 0 Å². The Morgan fingerprint density at radius 1 is 1.26 bits per heavy atom. The topological polar surface area (TPSA) is 71.1 Å². The summed E-state index contributed by atoms with van der Waals surface area (Å²) in [6.07, 6.45) is 6.11. The fourth-order valence-corrected chi connectivity index (χ4v) is 3.32. The molecule has 7 nitrogen and oxygen atoms in total. The normalized spacial score (nSPS) is 15.6. The third kappa shape index (κ3) is 2.55. The minimum Gasteiger partial charge on any atom is -0.357 e. The largest absolute Gasteiger partial charge is 0.357 e. The van der Waals surface area contributed by atoms with Gasteiger partial charge in [-0.05, 0) is 12.8 Å². The van der Waals surface area contributed by atoms with E-state index in [1.807, 2.05) is 4.57 Å². The Kier molecular flexibility index (Phi) is 4.21. The lowest BCUT2D eigenvalue weighted by atomic mass is 10.1. The van der Waals surface area contributed by atoms with Gasteiger partial charge in [0.15, 0.2) is 11.2 Å². The number of rotatable bonds is 5.